The molecule has 1 aromatic heterocycles. The monoisotopic (exact) mass is 322 g/mol. The van der Waals surface area contributed by atoms with E-state index < -0.39 is 22.2 Å². The Morgan fingerprint density at radius 2 is 2.17 bits per heavy atom. The van der Waals surface area contributed by atoms with Gasteiger partial charge in [0.15, 0.2) is 0 Å². The molecule has 0 radical (unpaired) electrons. The highest BCUT2D eigenvalue weighted by atomic mass is 16.6. The fraction of sp³-hybridized carbons (Fsp3) is 0.643. The molecule has 9 nitrogen and oxygen atoms in total. The number of rotatable bonds is 3. The van der Waals surface area contributed by atoms with Crippen molar-refractivity contribution in [1.82, 2.24) is 14.7 Å². The van der Waals surface area contributed by atoms with E-state index in [4.69, 9.17) is 0 Å². The van der Waals surface area contributed by atoms with Gasteiger partial charge in [-0.3, -0.25) is 24.4 Å². The summed E-state index contributed by atoms with van der Waals surface area (Å²) in [7, 11) is 1.48. The lowest BCUT2D eigenvalue weighted by molar-refractivity contribution is -0.385. The van der Waals surface area contributed by atoms with E-state index in [9.17, 15) is 24.8 Å². The predicted octanol–water partition coefficient (Wildman–Crippen LogP) is 0.964. The molecule has 1 aliphatic carbocycles. The Labute approximate surface area is 132 Å². The molecule has 0 unspecified atom stereocenters. The summed E-state index contributed by atoms with van der Waals surface area (Å²) in [6.07, 6.45) is 2.15. The number of carbonyl (C=O) groups excluding carboxylic acids is 1. The van der Waals surface area contributed by atoms with Crippen LogP contribution in [0.25, 0.3) is 0 Å². The normalized spacial score (nSPS) is 26.3. The first-order chi connectivity index (χ1) is 10.8. The Kier molecular flexibility index (Phi) is 3.38. The van der Waals surface area contributed by atoms with Crippen molar-refractivity contribution in [1.29, 1.82) is 0 Å². The van der Waals surface area contributed by atoms with Crippen molar-refractivity contribution in [2.45, 2.75) is 26.2 Å². The largest absolute Gasteiger partial charge is 0.481 e. The van der Waals surface area contributed by atoms with Crippen molar-refractivity contribution < 1.29 is 19.6 Å². The van der Waals surface area contributed by atoms with Crippen LogP contribution in [0, 0.1) is 28.4 Å². The standard InChI is InChI=1S/C14H18N4O5/c1-8-10(18(22)23)11(16(2)15-8)12(19)17-6-9-4-3-5-14(9,7-17)13(20)21/h9H,3-7H2,1-2H3,(H,20,21)/t9-,14+/m0/s1. The highest BCUT2D eigenvalue weighted by Gasteiger charge is 2.56. The number of likely N-dealkylation sites (tertiary alicyclic amines) is 1. The number of carbonyl (C=O) groups is 2. The zero-order chi connectivity index (χ0) is 16.9. The third-order valence-corrected chi connectivity index (χ3v) is 5.16. The molecule has 124 valence electrons. The summed E-state index contributed by atoms with van der Waals surface area (Å²) in [4.78, 5) is 36.5. The Balaban J connectivity index is 1.95. The molecule has 2 fully saturated rings. The zero-order valence-corrected chi connectivity index (χ0v) is 13.0. The maximum absolute atomic E-state index is 12.8. The van der Waals surface area contributed by atoms with Crippen LogP contribution in [0.1, 0.15) is 35.4 Å². The first kappa shape index (κ1) is 15.4. The molecule has 2 atom stereocenters. The number of hydrogen-bond acceptors (Lipinski definition) is 5. The lowest BCUT2D eigenvalue weighted by atomic mass is 9.81. The number of carboxylic acid groups (broad SMARTS) is 1. The fourth-order valence-electron chi connectivity index (χ4n) is 4.05. The van der Waals surface area contributed by atoms with E-state index >= 15 is 0 Å². The Morgan fingerprint density at radius 1 is 1.48 bits per heavy atom. The number of hydrogen-bond donors (Lipinski definition) is 1. The van der Waals surface area contributed by atoms with Gasteiger partial charge in [-0.2, -0.15) is 5.10 Å². The Morgan fingerprint density at radius 3 is 2.74 bits per heavy atom. The number of carboxylic acids is 1. The van der Waals surface area contributed by atoms with E-state index in [0.717, 1.165) is 12.8 Å². The van der Waals surface area contributed by atoms with Gasteiger partial charge in [0.1, 0.15) is 5.69 Å². The molecule has 3 rings (SSSR count). The van der Waals surface area contributed by atoms with Crippen LogP contribution in [-0.4, -0.2) is 49.7 Å². The van der Waals surface area contributed by atoms with Crippen LogP contribution in [0.4, 0.5) is 5.69 Å². The van der Waals surface area contributed by atoms with Gasteiger partial charge in [-0.25, -0.2) is 0 Å². The minimum Gasteiger partial charge on any atom is -0.481 e. The third kappa shape index (κ3) is 2.10. The van der Waals surface area contributed by atoms with E-state index in [1.54, 1.807) is 0 Å². The molecule has 9 heteroatoms. The number of amides is 1. The van der Waals surface area contributed by atoms with Gasteiger partial charge in [-0.1, -0.05) is 6.42 Å². The second-order valence-electron chi connectivity index (χ2n) is 6.40. The lowest BCUT2D eigenvalue weighted by Gasteiger charge is -2.23. The molecule has 0 aromatic carbocycles. The van der Waals surface area contributed by atoms with Gasteiger partial charge in [0.2, 0.25) is 5.69 Å². The van der Waals surface area contributed by atoms with Crippen LogP contribution < -0.4 is 0 Å². The molecule has 1 saturated heterocycles. The minimum atomic E-state index is -0.905. The van der Waals surface area contributed by atoms with Crippen molar-refractivity contribution in [3.63, 3.8) is 0 Å². The fourth-order valence-corrected chi connectivity index (χ4v) is 4.05. The molecule has 0 bridgehead atoms. The maximum atomic E-state index is 12.8. The molecule has 1 aliphatic heterocycles. The van der Waals surface area contributed by atoms with Crippen molar-refractivity contribution in [2.75, 3.05) is 13.1 Å². The summed E-state index contributed by atoms with van der Waals surface area (Å²) in [5.41, 5.74) is -1.13. The number of aromatic nitrogens is 2. The van der Waals surface area contributed by atoms with Gasteiger partial charge in [0, 0.05) is 20.1 Å². The molecule has 1 saturated carbocycles. The summed E-state index contributed by atoms with van der Waals surface area (Å²) in [5, 5.41) is 24.8. The molecule has 0 spiro atoms. The van der Waals surface area contributed by atoms with Crippen molar-refractivity contribution >= 4 is 17.6 Å². The highest BCUT2D eigenvalue weighted by molar-refractivity contribution is 5.97. The van der Waals surface area contributed by atoms with Crippen LogP contribution in [0.5, 0.6) is 0 Å². The van der Waals surface area contributed by atoms with E-state index in [2.05, 4.69) is 5.10 Å². The quantitative estimate of drug-likeness (QED) is 0.654. The van der Waals surface area contributed by atoms with E-state index in [0.29, 0.717) is 13.0 Å². The molecule has 1 N–H and O–H groups in total. The smallest absolute Gasteiger partial charge is 0.322 e. The number of fused-ring (bicyclic) bond motifs is 1. The summed E-state index contributed by atoms with van der Waals surface area (Å²) in [6.45, 7) is 1.91. The summed E-state index contributed by atoms with van der Waals surface area (Å²) in [6, 6.07) is 0. The van der Waals surface area contributed by atoms with Gasteiger partial charge in [0.05, 0.1) is 10.3 Å². The topological polar surface area (TPSA) is 119 Å². The molecular formula is C14H18N4O5. The SMILES string of the molecule is Cc1nn(C)c(C(=O)N2C[C@@H]3CCC[C@@]3(C(=O)O)C2)c1[N+](=O)[O-]. The van der Waals surface area contributed by atoms with Crippen LogP contribution in [0.15, 0.2) is 0 Å². The molecule has 1 aromatic rings. The van der Waals surface area contributed by atoms with Crippen LogP contribution >= 0.6 is 0 Å². The molecule has 2 heterocycles. The summed E-state index contributed by atoms with van der Waals surface area (Å²) < 4.78 is 1.21. The molecule has 2 aliphatic rings. The maximum Gasteiger partial charge on any atom is 0.322 e. The minimum absolute atomic E-state index is 0.0858. The van der Waals surface area contributed by atoms with Gasteiger partial charge < -0.3 is 10.0 Å². The lowest BCUT2D eigenvalue weighted by Crippen LogP contribution is -2.37. The Bertz CT molecular complexity index is 712. The second kappa shape index (κ2) is 5.04. The highest BCUT2D eigenvalue weighted by Crippen LogP contribution is 2.49. The van der Waals surface area contributed by atoms with Gasteiger partial charge in [-0.15, -0.1) is 0 Å². The van der Waals surface area contributed by atoms with Crippen LogP contribution in [-0.2, 0) is 11.8 Å². The van der Waals surface area contributed by atoms with Gasteiger partial charge in [-0.05, 0) is 25.7 Å². The molecule has 23 heavy (non-hydrogen) atoms. The zero-order valence-electron chi connectivity index (χ0n) is 13.0. The molecule has 1 amide bonds. The van der Waals surface area contributed by atoms with Crippen molar-refractivity contribution in [3.8, 4) is 0 Å². The molecular weight excluding hydrogens is 304 g/mol. The number of nitrogens with zero attached hydrogens (tertiary/aromatic N) is 4. The van der Waals surface area contributed by atoms with Crippen LogP contribution in [0.2, 0.25) is 0 Å². The first-order valence-corrected chi connectivity index (χ1v) is 7.48. The third-order valence-electron chi connectivity index (χ3n) is 5.16. The van der Waals surface area contributed by atoms with Gasteiger partial charge >= 0.3 is 11.7 Å². The predicted molar refractivity (Wildman–Crippen MR) is 77.9 cm³/mol. The number of nitro groups is 1. The van der Waals surface area contributed by atoms with Crippen molar-refractivity contribution in [2.24, 2.45) is 18.4 Å². The van der Waals surface area contributed by atoms with E-state index in [1.165, 1.54) is 23.6 Å². The number of aliphatic carboxylic acids is 1. The Hall–Kier alpha value is -2.45. The second-order valence-corrected chi connectivity index (χ2v) is 6.40. The van der Waals surface area contributed by atoms with Gasteiger partial charge in [0.25, 0.3) is 5.91 Å². The summed E-state index contributed by atoms with van der Waals surface area (Å²) in [5.74, 6) is -1.49. The van der Waals surface area contributed by atoms with Crippen LogP contribution in [0.3, 0.4) is 0 Å². The average Bonchev–Trinajstić information content (AvgIpc) is 3.07. The van der Waals surface area contributed by atoms with Crippen molar-refractivity contribution in [3.05, 3.63) is 21.5 Å². The first-order valence-electron chi connectivity index (χ1n) is 7.48. The van der Waals surface area contributed by atoms with E-state index in [1.807, 2.05) is 0 Å². The summed E-state index contributed by atoms with van der Waals surface area (Å²) >= 11 is 0. The van der Waals surface area contributed by atoms with E-state index in [-0.39, 0.29) is 29.5 Å². The average molecular weight is 322 g/mol. The number of aryl methyl sites for hydroxylation is 2.